The van der Waals surface area contributed by atoms with Crippen LogP contribution >= 0.6 is 22.9 Å². The maximum absolute atomic E-state index is 13.1. The molecule has 2 N–H and O–H groups in total. The third-order valence-electron chi connectivity index (χ3n) is 5.04. The van der Waals surface area contributed by atoms with E-state index >= 15 is 0 Å². The molecule has 0 saturated heterocycles. The summed E-state index contributed by atoms with van der Waals surface area (Å²) in [7, 11) is 1.87. The second kappa shape index (κ2) is 8.52. The summed E-state index contributed by atoms with van der Waals surface area (Å²) in [5.74, 6) is 0. The highest BCUT2D eigenvalue weighted by Crippen LogP contribution is 2.32. The number of rotatable bonds is 6. The first-order valence-electron chi connectivity index (χ1n) is 9.59. The first-order valence-corrected chi connectivity index (χ1v) is 10.8. The Kier molecular flexibility index (Phi) is 5.81. The highest BCUT2D eigenvalue weighted by Gasteiger charge is 2.12. The molecule has 0 unspecified atom stereocenters. The van der Waals surface area contributed by atoms with Crippen LogP contribution in [0.1, 0.15) is 19.0 Å². The summed E-state index contributed by atoms with van der Waals surface area (Å²) in [6.45, 7) is 2.02. The van der Waals surface area contributed by atoms with E-state index in [0.717, 1.165) is 15.8 Å². The predicted molar refractivity (Wildman–Crippen MR) is 126 cm³/mol. The summed E-state index contributed by atoms with van der Waals surface area (Å²) in [6, 6.07) is 15.4. The summed E-state index contributed by atoms with van der Waals surface area (Å²) in [5, 5.41) is 12.9. The number of nitrogens with one attached hydrogen (secondary N) is 2. The maximum Gasteiger partial charge on any atom is 0.273 e. The van der Waals surface area contributed by atoms with Crippen molar-refractivity contribution in [3.05, 3.63) is 82.0 Å². The van der Waals surface area contributed by atoms with E-state index in [4.69, 9.17) is 17.0 Å². The average molecular weight is 437 g/mol. The summed E-state index contributed by atoms with van der Waals surface area (Å²) in [5.41, 5.74) is 2.73. The Labute approximate surface area is 183 Å². The highest BCUT2D eigenvalue weighted by atomic mass is 35.5. The van der Waals surface area contributed by atoms with Gasteiger partial charge in [0.1, 0.15) is 4.70 Å². The van der Waals surface area contributed by atoms with Gasteiger partial charge in [-0.15, -0.1) is 11.3 Å². The van der Waals surface area contributed by atoms with Gasteiger partial charge in [0.05, 0.1) is 23.3 Å². The van der Waals surface area contributed by atoms with Gasteiger partial charge in [-0.05, 0) is 55.9 Å². The Morgan fingerprint density at radius 3 is 2.67 bits per heavy atom. The number of benzene rings is 1. The average Bonchev–Trinajstić information content (AvgIpc) is 3.20. The minimum atomic E-state index is -0.0776. The number of nitrogens with zero attached hydrogens (tertiary/aromatic N) is 2. The van der Waals surface area contributed by atoms with Crippen LogP contribution in [0.15, 0.2) is 65.7 Å². The molecule has 4 aromatic rings. The topological polar surface area (TPSA) is 70.8 Å². The Bertz CT molecular complexity index is 1260. The first kappa shape index (κ1) is 20.5. The van der Waals surface area contributed by atoms with Crippen molar-refractivity contribution < 1.29 is 0 Å². The Hall–Kier alpha value is -2.80. The zero-order valence-corrected chi connectivity index (χ0v) is 18.2. The van der Waals surface area contributed by atoms with Crippen molar-refractivity contribution in [2.24, 2.45) is 0 Å². The lowest BCUT2D eigenvalue weighted by molar-refractivity contribution is 0.632. The molecule has 4 rings (SSSR count). The molecule has 1 aromatic carbocycles. The fraction of sp³-hybridized carbons (Fsp3) is 0.174. The van der Waals surface area contributed by atoms with Crippen molar-refractivity contribution in [2.75, 3.05) is 7.05 Å². The number of halogens is 1. The van der Waals surface area contributed by atoms with Crippen LogP contribution in [0.2, 0.25) is 5.02 Å². The molecule has 3 heterocycles. The van der Waals surface area contributed by atoms with Crippen LogP contribution in [-0.2, 0) is 0 Å². The quantitative estimate of drug-likeness (QED) is 0.411. The molecule has 0 radical (unpaired) electrons. The van der Waals surface area contributed by atoms with E-state index in [1.807, 2.05) is 56.4 Å². The summed E-state index contributed by atoms with van der Waals surface area (Å²) >= 11 is 7.45. The van der Waals surface area contributed by atoms with Crippen molar-refractivity contribution in [3.8, 4) is 16.1 Å². The smallest absolute Gasteiger partial charge is 0.273 e. The lowest BCUT2D eigenvalue weighted by Crippen LogP contribution is -2.25. The molecule has 0 saturated carbocycles. The number of pyridine rings is 2. The van der Waals surface area contributed by atoms with E-state index in [2.05, 4.69) is 10.3 Å². The number of thiophene rings is 1. The zero-order chi connectivity index (χ0) is 21.3. The second-order valence-electron chi connectivity index (χ2n) is 7.17. The van der Waals surface area contributed by atoms with Gasteiger partial charge < -0.3 is 10.7 Å². The molecule has 1 atom stereocenters. The molecular weight excluding hydrogens is 416 g/mol. The zero-order valence-electron chi connectivity index (χ0n) is 16.6. The van der Waals surface area contributed by atoms with Gasteiger partial charge in [0.2, 0.25) is 0 Å². The van der Waals surface area contributed by atoms with Gasteiger partial charge in [-0.3, -0.25) is 14.3 Å². The third kappa shape index (κ3) is 4.07. The van der Waals surface area contributed by atoms with E-state index in [0.29, 0.717) is 33.2 Å². The lowest BCUT2D eigenvalue weighted by Gasteiger charge is -2.11. The number of fused-ring (bicyclic) bond motifs is 1. The monoisotopic (exact) mass is 436 g/mol. The molecule has 0 amide bonds. The largest absolute Gasteiger partial charge is 0.317 e. The molecule has 0 spiro atoms. The minimum absolute atomic E-state index is 0.0776. The molecule has 5 nitrogen and oxygen atoms in total. The van der Waals surface area contributed by atoms with Crippen molar-refractivity contribution >= 4 is 38.7 Å². The standard InChI is InChI=1S/C23H21ClN4OS/c1-14(26-2)11-19(25)20-8-7-18(13-27-20)28-10-9-16-12-21(30-22(16)23(28)29)15-3-5-17(24)6-4-15/h3-10,12-14,25-26H,11H2,1-2H3/t14-/m1/s1. The van der Waals surface area contributed by atoms with E-state index in [-0.39, 0.29) is 11.6 Å². The number of hydrogen-bond acceptors (Lipinski definition) is 5. The van der Waals surface area contributed by atoms with Crippen LogP contribution in [-0.4, -0.2) is 28.4 Å². The first-order chi connectivity index (χ1) is 14.5. The van der Waals surface area contributed by atoms with Crippen LogP contribution < -0.4 is 10.9 Å². The van der Waals surface area contributed by atoms with Crippen LogP contribution in [0.3, 0.4) is 0 Å². The van der Waals surface area contributed by atoms with Gasteiger partial charge in [-0.1, -0.05) is 23.7 Å². The summed E-state index contributed by atoms with van der Waals surface area (Å²) < 4.78 is 2.29. The molecule has 30 heavy (non-hydrogen) atoms. The molecule has 0 aliphatic rings. The summed E-state index contributed by atoms with van der Waals surface area (Å²) in [6.07, 6.45) is 4.01. The van der Waals surface area contributed by atoms with Crippen molar-refractivity contribution in [3.63, 3.8) is 0 Å². The van der Waals surface area contributed by atoms with E-state index < -0.39 is 0 Å². The van der Waals surface area contributed by atoms with Gasteiger partial charge in [0, 0.05) is 33.9 Å². The van der Waals surface area contributed by atoms with Gasteiger partial charge in [-0.25, -0.2) is 0 Å². The normalized spacial score (nSPS) is 12.2. The molecule has 152 valence electrons. The molecule has 0 aliphatic carbocycles. The van der Waals surface area contributed by atoms with E-state index in [1.165, 1.54) is 11.3 Å². The van der Waals surface area contributed by atoms with Gasteiger partial charge in [0.25, 0.3) is 5.56 Å². The van der Waals surface area contributed by atoms with Crippen LogP contribution in [0.4, 0.5) is 0 Å². The van der Waals surface area contributed by atoms with Crippen LogP contribution in [0.25, 0.3) is 26.2 Å². The van der Waals surface area contributed by atoms with E-state index in [9.17, 15) is 4.79 Å². The molecule has 3 aromatic heterocycles. The second-order valence-corrected chi connectivity index (χ2v) is 8.66. The Morgan fingerprint density at radius 1 is 1.23 bits per heavy atom. The highest BCUT2D eigenvalue weighted by molar-refractivity contribution is 7.22. The van der Waals surface area contributed by atoms with Crippen molar-refractivity contribution in [1.29, 1.82) is 5.41 Å². The third-order valence-corrected chi connectivity index (χ3v) is 6.48. The van der Waals surface area contributed by atoms with Crippen molar-refractivity contribution in [2.45, 2.75) is 19.4 Å². The number of hydrogen-bond donors (Lipinski definition) is 2. The van der Waals surface area contributed by atoms with Gasteiger partial charge in [-0.2, -0.15) is 0 Å². The summed E-state index contributed by atoms with van der Waals surface area (Å²) in [4.78, 5) is 18.5. The van der Waals surface area contributed by atoms with Gasteiger partial charge in [0.15, 0.2) is 0 Å². The molecule has 0 bridgehead atoms. The predicted octanol–water partition coefficient (Wildman–Crippen LogP) is 5.13. The molecule has 0 fully saturated rings. The molecular formula is C23H21ClN4OS. The minimum Gasteiger partial charge on any atom is -0.317 e. The lowest BCUT2D eigenvalue weighted by atomic mass is 10.1. The number of aromatic nitrogens is 2. The van der Waals surface area contributed by atoms with Crippen LogP contribution in [0, 0.1) is 5.41 Å². The van der Waals surface area contributed by atoms with Crippen LogP contribution in [0.5, 0.6) is 0 Å². The fourth-order valence-corrected chi connectivity index (χ4v) is 4.42. The van der Waals surface area contributed by atoms with E-state index in [1.54, 1.807) is 23.0 Å². The fourth-order valence-electron chi connectivity index (χ4n) is 3.21. The maximum atomic E-state index is 13.1. The molecule has 0 aliphatic heterocycles. The SMILES string of the molecule is CN[C@H](C)CC(=N)c1ccc(-n2ccc3cc(-c4ccc(Cl)cc4)sc3c2=O)cn1. The molecule has 7 heteroatoms. The Morgan fingerprint density at radius 2 is 2.00 bits per heavy atom. The van der Waals surface area contributed by atoms with Gasteiger partial charge >= 0.3 is 0 Å². The van der Waals surface area contributed by atoms with Crippen molar-refractivity contribution in [1.82, 2.24) is 14.9 Å². The Balaban J connectivity index is 1.66.